The minimum Gasteiger partial charge on any atom is -0.343 e. The van der Waals surface area contributed by atoms with E-state index in [1.165, 1.54) is 68.9 Å². The van der Waals surface area contributed by atoms with Crippen molar-refractivity contribution in [3.05, 3.63) is 119 Å². The molecule has 0 radical (unpaired) electrons. The van der Waals surface area contributed by atoms with Gasteiger partial charge in [0.15, 0.2) is 0 Å². The van der Waals surface area contributed by atoms with E-state index in [-0.39, 0.29) is 72.4 Å². The Morgan fingerprint density at radius 3 is 1.29 bits per heavy atom. The summed E-state index contributed by atoms with van der Waals surface area (Å²) in [7, 11) is 0. The number of ketones is 7. The number of Topliss-reactive ketones (excluding diaryl/α,β-unsaturated/α-hetero) is 7. The van der Waals surface area contributed by atoms with E-state index in [9.17, 15) is 38.4 Å². The van der Waals surface area contributed by atoms with Crippen LogP contribution in [0.15, 0.2) is 91.0 Å². The van der Waals surface area contributed by atoms with Gasteiger partial charge in [-0.2, -0.15) is 0 Å². The summed E-state index contributed by atoms with van der Waals surface area (Å²) in [5, 5.41) is 0. The van der Waals surface area contributed by atoms with E-state index in [1.807, 2.05) is 185 Å². The summed E-state index contributed by atoms with van der Waals surface area (Å²) >= 11 is 0. The first-order valence-electron chi connectivity index (χ1n) is 39.5. The average molecular weight is 1410 g/mol. The maximum absolute atomic E-state index is 12.7. The smallest absolute Gasteiger partial charge is 0.219 e. The van der Waals surface area contributed by atoms with Gasteiger partial charge < -0.3 is 4.90 Å². The number of hydrogen-bond donors (Lipinski definition) is 0. The van der Waals surface area contributed by atoms with Crippen molar-refractivity contribution in [2.75, 3.05) is 13.1 Å². The molecule has 7 aliphatic rings. The summed E-state index contributed by atoms with van der Waals surface area (Å²) < 4.78 is 0. The summed E-state index contributed by atoms with van der Waals surface area (Å²) in [6.45, 7) is 58.0. The van der Waals surface area contributed by atoms with Crippen LogP contribution in [0.2, 0.25) is 0 Å². The number of allylic oxidation sites excluding steroid dienone is 2. The Morgan fingerprint density at radius 2 is 0.922 bits per heavy atom. The predicted octanol–water partition coefficient (Wildman–Crippen LogP) is 23.4. The molecular weight excluding hydrogens is 1260 g/mol. The number of rotatable bonds is 12. The highest BCUT2D eigenvalue weighted by atomic mass is 16.2. The number of hydrogen-bond acceptors (Lipinski definition) is 8. The topological polar surface area (TPSA) is 140 Å². The molecule has 9 nitrogen and oxygen atoms in total. The van der Waals surface area contributed by atoms with Crippen molar-refractivity contribution in [1.82, 2.24) is 4.90 Å². The molecule has 2 atom stereocenters. The second-order valence-electron chi connectivity index (χ2n) is 39.8. The zero-order valence-corrected chi connectivity index (χ0v) is 70.1. The molecule has 6 aliphatic carbocycles. The Balaban J connectivity index is 0.000000310. The van der Waals surface area contributed by atoms with Crippen LogP contribution in [0.5, 0.6) is 0 Å². The van der Waals surface area contributed by atoms with Gasteiger partial charge in [0, 0.05) is 99.3 Å². The zero-order chi connectivity index (χ0) is 78.0. The van der Waals surface area contributed by atoms with Crippen molar-refractivity contribution >= 4 is 46.4 Å². The molecule has 9 heteroatoms. The lowest BCUT2D eigenvalue weighted by Gasteiger charge is -2.57. The summed E-state index contributed by atoms with van der Waals surface area (Å²) in [4.78, 5) is 97.6. The third kappa shape index (κ3) is 29.5. The van der Waals surface area contributed by atoms with Gasteiger partial charge in [-0.15, -0.1) is 0 Å². The van der Waals surface area contributed by atoms with Crippen LogP contribution in [0, 0.1) is 91.2 Å². The number of nitrogens with zero attached hydrogens (tertiary/aromatic N) is 1. The molecule has 5 saturated carbocycles. The fourth-order valence-electron chi connectivity index (χ4n) is 16.1. The molecule has 102 heavy (non-hydrogen) atoms. The molecule has 3 aromatic carbocycles. The largest absolute Gasteiger partial charge is 0.343 e. The van der Waals surface area contributed by atoms with Gasteiger partial charge in [-0.3, -0.25) is 38.4 Å². The number of carbonyl (C=O) groups excluding carboxylic acids is 8. The second kappa shape index (κ2) is 38.2. The van der Waals surface area contributed by atoms with Crippen LogP contribution >= 0.6 is 0 Å². The summed E-state index contributed by atoms with van der Waals surface area (Å²) in [6.07, 6.45) is 24.1. The molecule has 0 aromatic heterocycles. The van der Waals surface area contributed by atoms with E-state index in [1.54, 1.807) is 6.92 Å². The van der Waals surface area contributed by atoms with Crippen molar-refractivity contribution < 1.29 is 38.4 Å². The third-order valence-electron chi connectivity index (χ3n) is 21.8. The van der Waals surface area contributed by atoms with Gasteiger partial charge in [0.2, 0.25) is 5.91 Å². The minimum atomic E-state index is -0.273. The second-order valence-corrected chi connectivity index (χ2v) is 39.8. The van der Waals surface area contributed by atoms with E-state index in [4.69, 9.17) is 0 Å². The van der Waals surface area contributed by atoms with Crippen molar-refractivity contribution in [2.45, 2.75) is 321 Å². The summed E-state index contributed by atoms with van der Waals surface area (Å²) in [5.41, 5.74) is 4.55. The van der Waals surface area contributed by atoms with Crippen molar-refractivity contribution in [1.29, 1.82) is 0 Å². The predicted molar refractivity (Wildman–Crippen MR) is 428 cm³/mol. The number of benzene rings is 3. The molecular formula is C93H147NO8. The Labute approximate surface area is 623 Å². The number of carbonyl (C=O) groups is 8. The van der Waals surface area contributed by atoms with Crippen molar-refractivity contribution in [2.24, 2.45) is 84.2 Å². The zero-order valence-electron chi connectivity index (χ0n) is 70.1. The summed E-state index contributed by atoms with van der Waals surface area (Å²) in [6, 6.07) is 26.6. The standard InChI is InChI=1S/C15H24O.2C15H22O.C13H18O.C12H21NO2.C12H22O.C11H18O/c1-14(2,3)13(16)15-7-10-4-11(8-15)6-12(5-10)9-15;1-11(2)13-8-6-12(7-9-13)10-14(16)15(3,4)5;1-11(2)13(14(16)15(3,4)5)12-9-7-6-8-10-12;1-10-6-5-7-11(8-10)9-12(14)13(2,3)4;1-9(14)13-7-5-10(6-8-13)11(15)12(2,3)4;1-11(2,3)10(13)12(4)8-6-5-7-9-12;1-11(2,3)10(12)9-7-5-4-6-8-9/h10-12H,4-9H2,1-3H3;6-9,11H,10H2,1-5H3;6-11,13H,1-5H3;5-8H,9H2,1-4H3;10H,5-8H2,1-4H3;5-9H2,1-4H3;4-5,9H,6-8H2,1-3H3. The van der Waals surface area contributed by atoms with Crippen LogP contribution in [0.3, 0.4) is 0 Å². The van der Waals surface area contributed by atoms with Crippen LogP contribution in [-0.2, 0) is 51.2 Å². The monoisotopic (exact) mass is 1410 g/mol. The molecule has 0 N–H and O–H groups in total. The van der Waals surface area contributed by atoms with Crippen LogP contribution in [0.25, 0.3) is 0 Å². The van der Waals surface area contributed by atoms with Gasteiger partial charge in [0.25, 0.3) is 0 Å². The molecule has 1 saturated heterocycles. The van der Waals surface area contributed by atoms with E-state index in [0.717, 1.165) is 92.5 Å². The lowest BCUT2D eigenvalue weighted by atomic mass is 9.47. The maximum atomic E-state index is 12.7. The van der Waals surface area contributed by atoms with Gasteiger partial charge in [-0.05, 0) is 142 Å². The van der Waals surface area contributed by atoms with Gasteiger partial charge in [0.1, 0.15) is 40.5 Å². The van der Waals surface area contributed by atoms with E-state index in [2.05, 4.69) is 97.9 Å². The van der Waals surface area contributed by atoms with Gasteiger partial charge in [0.05, 0.1) is 0 Å². The molecule has 4 bridgehead atoms. The first-order valence-corrected chi connectivity index (χ1v) is 39.5. The Kier molecular flexibility index (Phi) is 34.0. The van der Waals surface area contributed by atoms with Crippen LogP contribution < -0.4 is 0 Å². The normalized spacial score (nSPS) is 21.4. The minimum absolute atomic E-state index is 0.0150. The van der Waals surface area contributed by atoms with Crippen LogP contribution in [-0.4, -0.2) is 64.4 Å². The molecule has 6 fully saturated rings. The van der Waals surface area contributed by atoms with E-state index in [0.29, 0.717) is 65.2 Å². The Morgan fingerprint density at radius 1 is 0.471 bits per heavy atom. The highest BCUT2D eigenvalue weighted by Crippen LogP contribution is 2.62. The maximum Gasteiger partial charge on any atom is 0.219 e. The molecule has 1 heterocycles. The molecule has 572 valence electrons. The average Bonchev–Trinajstić information content (AvgIpc) is 0.733. The molecule has 3 aromatic rings. The highest BCUT2D eigenvalue weighted by Gasteiger charge is 2.56. The summed E-state index contributed by atoms with van der Waals surface area (Å²) in [5.74, 6) is 6.83. The fraction of sp³-hybridized carbons (Fsp3) is 0.699. The number of likely N-dealkylation sites (tertiary alicyclic amines) is 1. The van der Waals surface area contributed by atoms with Gasteiger partial charge in [-0.25, -0.2) is 0 Å². The van der Waals surface area contributed by atoms with E-state index < -0.39 is 0 Å². The first-order chi connectivity index (χ1) is 46.6. The first kappa shape index (κ1) is 90.8. The molecule has 0 spiro atoms. The van der Waals surface area contributed by atoms with Crippen LogP contribution in [0.1, 0.15) is 329 Å². The lowest BCUT2D eigenvalue weighted by Crippen LogP contribution is -2.52. The van der Waals surface area contributed by atoms with Gasteiger partial charge >= 0.3 is 0 Å². The lowest BCUT2D eigenvalue weighted by molar-refractivity contribution is -0.152. The van der Waals surface area contributed by atoms with Gasteiger partial charge in [-0.1, -0.05) is 296 Å². The number of piperidine rings is 1. The SMILES string of the molecule is CC(=O)N1CCC(C(=O)C(C)(C)C)CC1.CC(C)(C)C(=O)C1(C)CCCCC1.CC(C)(C)C(=O)C12CC3CC(CC(C3)C1)C2.CC(C)(C)C(=O)C1CC=CCC1.CC(C)C(C(=O)C(C)(C)C)c1ccccc1.CC(C)c1ccc(CC(=O)C(C)(C)C)cc1.Cc1cccc(CC(=O)C(C)(C)C)c1. The molecule has 1 aliphatic heterocycles. The Bertz CT molecular complexity index is 3160. The molecule has 1 amide bonds. The molecule has 2 unspecified atom stereocenters. The Hall–Kier alpha value is -5.44. The fourth-order valence-corrected chi connectivity index (χ4v) is 16.1. The van der Waals surface area contributed by atoms with Crippen molar-refractivity contribution in [3.8, 4) is 0 Å². The van der Waals surface area contributed by atoms with E-state index >= 15 is 0 Å². The quantitative estimate of drug-likeness (QED) is 0.163. The number of amides is 1. The third-order valence-corrected chi connectivity index (χ3v) is 21.8. The molecule has 10 rings (SSSR count). The highest BCUT2D eigenvalue weighted by molar-refractivity contribution is 5.92. The number of aryl methyl sites for hydroxylation is 1. The van der Waals surface area contributed by atoms with Crippen molar-refractivity contribution in [3.63, 3.8) is 0 Å². The van der Waals surface area contributed by atoms with Crippen LogP contribution in [0.4, 0.5) is 0 Å².